The van der Waals surface area contributed by atoms with E-state index in [2.05, 4.69) is 34.0 Å². The molecule has 11 heteroatoms. The number of amides is 3. The van der Waals surface area contributed by atoms with Gasteiger partial charge < -0.3 is 24.5 Å². The van der Waals surface area contributed by atoms with Gasteiger partial charge in [0.05, 0.1) is 29.8 Å². The molecular weight excluding hydrogens is 632 g/mol. The van der Waals surface area contributed by atoms with Crippen LogP contribution in [0.3, 0.4) is 0 Å². The summed E-state index contributed by atoms with van der Waals surface area (Å²) >= 11 is 5.52. The second kappa shape index (κ2) is 14.3. The minimum atomic E-state index is -0.728. The molecule has 9 nitrogen and oxygen atoms in total. The molecule has 1 aromatic rings. The molecule has 3 amide bonds. The third-order valence-corrected chi connectivity index (χ3v) is 12.4. The van der Waals surface area contributed by atoms with E-state index in [4.69, 9.17) is 4.74 Å². The fourth-order valence-corrected chi connectivity index (χ4v) is 10.9. The highest BCUT2D eigenvalue weighted by Crippen LogP contribution is 2.68. The summed E-state index contributed by atoms with van der Waals surface area (Å²) in [6.07, 6.45) is 4.45. The van der Waals surface area contributed by atoms with E-state index >= 15 is 0 Å². The highest BCUT2D eigenvalue weighted by Gasteiger charge is 2.76. The third kappa shape index (κ3) is 6.33. The van der Waals surface area contributed by atoms with Crippen LogP contribution in [0.5, 0.6) is 0 Å². The SMILES string of the molecule is C=CCN(CCN1CCOCC1)C(=O)C1N(CCCO)C(=O)[C@@H]2[C@@H](C(=O)N(CC=C)Cc3ccccc3)[C@@H]3SC12CC3Br. The van der Waals surface area contributed by atoms with Crippen molar-refractivity contribution in [2.45, 2.75) is 40.3 Å². The summed E-state index contributed by atoms with van der Waals surface area (Å²) < 4.78 is 4.76. The molecule has 0 aromatic heterocycles. The number of fused-ring (bicyclic) bond motifs is 1. The number of hydrogen-bond donors (Lipinski definition) is 1. The van der Waals surface area contributed by atoms with Crippen molar-refractivity contribution < 1.29 is 24.2 Å². The first kappa shape index (κ1) is 32.2. The normalized spacial score (nSPS) is 29.9. The van der Waals surface area contributed by atoms with Gasteiger partial charge in [-0.1, -0.05) is 58.4 Å². The van der Waals surface area contributed by atoms with Crippen LogP contribution in [0, 0.1) is 11.8 Å². The molecule has 4 fully saturated rings. The van der Waals surface area contributed by atoms with Crippen molar-refractivity contribution in [2.24, 2.45) is 11.8 Å². The lowest BCUT2D eigenvalue weighted by atomic mass is 9.70. The van der Waals surface area contributed by atoms with Gasteiger partial charge in [-0.15, -0.1) is 24.9 Å². The Hall–Kier alpha value is -2.18. The zero-order chi connectivity index (χ0) is 30.6. The smallest absolute Gasteiger partial charge is 0.247 e. The lowest BCUT2D eigenvalue weighted by Gasteiger charge is -2.39. The Morgan fingerprint density at radius 2 is 1.79 bits per heavy atom. The highest BCUT2D eigenvalue weighted by molar-refractivity contribution is 9.09. The predicted octanol–water partition coefficient (Wildman–Crippen LogP) is 2.40. The van der Waals surface area contributed by atoms with Gasteiger partial charge in [0, 0.05) is 69.0 Å². The van der Waals surface area contributed by atoms with Crippen LogP contribution in [0.15, 0.2) is 55.6 Å². The van der Waals surface area contributed by atoms with Gasteiger partial charge in [-0.2, -0.15) is 0 Å². The summed E-state index contributed by atoms with van der Waals surface area (Å²) in [7, 11) is 0. The van der Waals surface area contributed by atoms with E-state index < -0.39 is 22.6 Å². The molecule has 6 atom stereocenters. The summed E-state index contributed by atoms with van der Waals surface area (Å²) in [5.41, 5.74) is 1.01. The molecule has 1 spiro atoms. The number of nitrogens with zero attached hydrogens (tertiary/aromatic N) is 4. The van der Waals surface area contributed by atoms with Crippen LogP contribution in [-0.4, -0.2) is 129 Å². The Morgan fingerprint density at radius 3 is 2.47 bits per heavy atom. The van der Waals surface area contributed by atoms with E-state index in [0.717, 1.165) is 18.7 Å². The number of carbonyl (C=O) groups is 3. The fourth-order valence-electron chi connectivity index (χ4n) is 7.28. The van der Waals surface area contributed by atoms with Crippen molar-refractivity contribution >= 4 is 45.4 Å². The quantitative estimate of drug-likeness (QED) is 0.239. The van der Waals surface area contributed by atoms with Crippen LogP contribution in [0.1, 0.15) is 18.4 Å². The molecule has 4 aliphatic rings. The molecule has 234 valence electrons. The van der Waals surface area contributed by atoms with Crippen molar-refractivity contribution in [1.82, 2.24) is 19.6 Å². The molecule has 4 heterocycles. The molecule has 5 rings (SSSR count). The third-order valence-electron chi connectivity index (χ3n) is 9.19. The van der Waals surface area contributed by atoms with Gasteiger partial charge in [-0.25, -0.2) is 0 Å². The van der Waals surface area contributed by atoms with E-state index in [1.54, 1.807) is 33.7 Å². The monoisotopic (exact) mass is 674 g/mol. The van der Waals surface area contributed by atoms with Gasteiger partial charge in [-0.3, -0.25) is 19.3 Å². The highest BCUT2D eigenvalue weighted by atomic mass is 79.9. The van der Waals surface area contributed by atoms with E-state index in [1.165, 1.54) is 0 Å². The van der Waals surface area contributed by atoms with Crippen molar-refractivity contribution in [3.05, 3.63) is 61.2 Å². The van der Waals surface area contributed by atoms with Crippen LogP contribution in [0.25, 0.3) is 0 Å². The molecule has 4 saturated heterocycles. The van der Waals surface area contributed by atoms with Gasteiger partial charge in [0.15, 0.2) is 0 Å². The van der Waals surface area contributed by atoms with Crippen LogP contribution >= 0.6 is 27.7 Å². The summed E-state index contributed by atoms with van der Waals surface area (Å²) in [6.45, 7) is 13.4. The van der Waals surface area contributed by atoms with Crippen LogP contribution in [0.2, 0.25) is 0 Å². The molecule has 3 unspecified atom stereocenters. The Kier molecular flexibility index (Phi) is 10.7. The van der Waals surface area contributed by atoms with Crippen LogP contribution < -0.4 is 0 Å². The number of ether oxygens (including phenoxy) is 1. The molecular formula is C32H43BrN4O5S. The van der Waals surface area contributed by atoms with Gasteiger partial charge in [0.25, 0.3) is 0 Å². The summed E-state index contributed by atoms with van der Waals surface area (Å²) in [5, 5.41) is 9.58. The Bertz CT molecular complexity index is 1180. The molecule has 0 aliphatic carbocycles. The van der Waals surface area contributed by atoms with Gasteiger partial charge in [0.2, 0.25) is 17.7 Å². The van der Waals surface area contributed by atoms with Gasteiger partial charge in [0.1, 0.15) is 6.04 Å². The second-order valence-electron chi connectivity index (χ2n) is 11.8. The maximum Gasteiger partial charge on any atom is 0.247 e. The number of aliphatic hydroxyl groups is 1. The van der Waals surface area contributed by atoms with Gasteiger partial charge >= 0.3 is 0 Å². The zero-order valence-electron chi connectivity index (χ0n) is 24.7. The van der Waals surface area contributed by atoms with E-state index in [1.807, 2.05) is 35.2 Å². The number of rotatable bonds is 14. The lowest BCUT2D eigenvalue weighted by Crippen LogP contribution is -2.56. The molecule has 0 radical (unpaired) electrons. The Morgan fingerprint density at radius 1 is 1.09 bits per heavy atom. The number of hydrogen-bond acceptors (Lipinski definition) is 7. The van der Waals surface area contributed by atoms with Crippen molar-refractivity contribution in [3.8, 4) is 0 Å². The fraction of sp³-hybridized carbons (Fsp3) is 0.594. The molecule has 1 N–H and O–H groups in total. The lowest BCUT2D eigenvalue weighted by molar-refractivity contribution is -0.145. The molecule has 43 heavy (non-hydrogen) atoms. The standard InChI is InChI=1S/C32H43BrN4O5S/c1-3-11-35(15-14-34-16-19-42-20-17-34)31(41)28-32-21-24(33)27(43-32)25(26(32)30(40)37(28)13-8-18-38)29(39)36(12-4-2)22-23-9-6-5-7-10-23/h3-7,9-10,24-28,38H,1-2,8,11-22H2/t24?,25-,26+,27-,28?,32?/m1/s1. The number of benzene rings is 1. The number of halogens is 1. The van der Waals surface area contributed by atoms with Crippen LogP contribution in [0.4, 0.5) is 0 Å². The maximum atomic E-state index is 14.6. The van der Waals surface area contributed by atoms with Crippen molar-refractivity contribution in [2.75, 3.05) is 65.6 Å². The van der Waals surface area contributed by atoms with E-state index in [9.17, 15) is 19.5 Å². The number of morpholine rings is 1. The van der Waals surface area contributed by atoms with Crippen molar-refractivity contribution in [3.63, 3.8) is 0 Å². The first-order valence-electron chi connectivity index (χ1n) is 15.2. The molecule has 2 bridgehead atoms. The van der Waals surface area contributed by atoms with Crippen LogP contribution in [-0.2, 0) is 25.7 Å². The minimum Gasteiger partial charge on any atom is -0.396 e. The average molecular weight is 676 g/mol. The summed E-state index contributed by atoms with van der Waals surface area (Å²) in [6, 6.07) is 9.12. The number of thioether (sulfide) groups is 1. The Labute approximate surface area is 267 Å². The minimum absolute atomic E-state index is 0.00731. The molecule has 0 saturated carbocycles. The largest absolute Gasteiger partial charge is 0.396 e. The number of alkyl halides is 1. The number of aliphatic hydroxyl groups excluding tert-OH is 1. The maximum absolute atomic E-state index is 14.6. The van der Waals surface area contributed by atoms with E-state index in [0.29, 0.717) is 58.8 Å². The van der Waals surface area contributed by atoms with E-state index in [-0.39, 0.29) is 41.0 Å². The molecule has 4 aliphatic heterocycles. The summed E-state index contributed by atoms with van der Waals surface area (Å²) in [5.74, 6) is -1.49. The molecule has 1 aromatic carbocycles. The first-order valence-corrected chi connectivity index (χ1v) is 17.0. The first-order chi connectivity index (χ1) is 20.9. The van der Waals surface area contributed by atoms with Crippen molar-refractivity contribution in [1.29, 1.82) is 0 Å². The average Bonchev–Trinajstić information content (AvgIpc) is 3.61. The number of likely N-dealkylation sites (tertiary alicyclic amines) is 1. The van der Waals surface area contributed by atoms with Gasteiger partial charge in [-0.05, 0) is 18.4 Å². The summed E-state index contributed by atoms with van der Waals surface area (Å²) in [4.78, 5) is 50.8. The zero-order valence-corrected chi connectivity index (χ0v) is 27.1. The second-order valence-corrected chi connectivity index (χ2v) is 14.5. The predicted molar refractivity (Wildman–Crippen MR) is 172 cm³/mol. The number of carbonyl (C=O) groups excluding carboxylic acids is 3. The Balaban J connectivity index is 1.45. The topological polar surface area (TPSA) is 93.6 Å².